The Morgan fingerprint density at radius 2 is 2.31 bits per heavy atom. The molecule has 1 aromatic carbocycles. The van der Waals surface area contributed by atoms with E-state index in [0.29, 0.717) is 11.1 Å². The van der Waals surface area contributed by atoms with Gasteiger partial charge in [-0.2, -0.15) is 0 Å². The molecular formula is C9H8FNO2. The van der Waals surface area contributed by atoms with Gasteiger partial charge >= 0.3 is 0 Å². The summed E-state index contributed by atoms with van der Waals surface area (Å²) in [5.41, 5.74) is 1.05. The van der Waals surface area contributed by atoms with Crippen molar-refractivity contribution < 1.29 is 13.9 Å². The summed E-state index contributed by atoms with van der Waals surface area (Å²) in [6.45, 7) is 1.57. The van der Waals surface area contributed by atoms with E-state index < -0.39 is 11.9 Å². The van der Waals surface area contributed by atoms with Gasteiger partial charge in [-0.05, 0) is 24.6 Å². The molecule has 0 radical (unpaired) electrons. The minimum Gasteiger partial charge on any atom is -0.440 e. The summed E-state index contributed by atoms with van der Waals surface area (Å²) in [6, 6.07) is 2.85. The molecule has 1 atom stereocenters. The van der Waals surface area contributed by atoms with E-state index in [9.17, 15) is 9.50 Å². The SMILES string of the molecule is CC(O)c1cc(F)c2ocnc2c1. The van der Waals surface area contributed by atoms with Crippen LogP contribution in [0.4, 0.5) is 4.39 Å². The van der Waals surface area contributed by atoms with Crippen molar-refractivity contribution in [1.29, 1.82) is 0 Å². The average Bonchev–Trinajstić information content (AvgIpc) is 2.51. The van der Waals surface area contributed by atoms with Crippen molar-refractivity contribution in [1.82, 2.24) is 4.98 Å². The first-order valence-electron chi connectivity index (χ1n) is 3.89. The quantitative estimate of drug-likeness (QED) is 0.732. The second kappa shape index (κ2) is 2.81. The van der Waals surface area contributed by atoms with Gasteiger partial charge in [0, 0.05) is 0 Å². The van der Waals surface area contributed by atoms with Gasteiger partial charge in [0.05, 0.1) is 6.10 Å². The molecule has 0 spiro atoms. The van der Waals surface area contributed by atoms with Gasteiger partial charge in [-0.15, -0.1) is 0 Å². The van der Waals surface area contributed by atoms with Gasteiger partial charge in [0.25, 0.3) is 0 Å². The lowest BCUT2D eigenvalue weighted by atomic mass is 10.1. The molecule has 0 aliphatic carbocycles. The first-order chi connectivity index (χ1) is 6.18. The molecule has 0 saturated carbocycles. The van der Waals surface area contributed by atoms with E-state index in [-0.39, 0.29) is 5.58 Å². The standard InChI is InChI=1S/C9H8FNO2/c1-5(12)6-2-7(10)9-8(3-6)11-4-13-9/h2-5,12H,1H3. The van der Waals surface area contributed by atoms with Crippen molar-refractivity contribution in [3.63, 3.8) is 0 Å². The number of aliphatic hydroxyl groups is 1. The summed E-state index contributed by atoms with van der Waals surface area (Å²) in [4.78, 5) is 3.80. The van der Waals surface area contributed by atoms with Crippen LogP contribution >= 0.6 is 0 Å². The second-order valence-electron chi connectivity index (χ2n) is 2.88. The second-order valence-corrected chi connectivity index (χ2v) is 2.88. The van der Waals surface area contributed by atoms with Crippen molar-refractivity contribution in [2.45, 2.75) is 13.0 Å². The highest BCUT2D eigenvalue weighted by Gasteiger charge is 2.10. The zero-order valence-corrected chi connectivity index (χ0v) is 6.99. The van der Waals surface area contributed by atoms with Crippen LogP contribution in [0.5, 0.6) is 0 Å². The molecule has 2 aromatic rings. The number of aliphatic hydroxyl groups excluding tert-OH is 1. The maximum absolute atomic E-state index is 13.2. The van der Waals surface area contributed by atoms with Crippen LogP contribution in [0.3, 0.4) is 0 Å². The number of rotatable bonds is 1. The van der Waals surface area contributed by atoms with Crippen LogP contribution in [0.15, 0.2) is 22.9 Å². The van der Waals surface area contributed by atoms with E-state index in [1.165, 1.54) is 12.5 Å². The molecule has 1 aromatic heterocycles. The van der Waals surface area contributed by atoms with Crippen LogP contribution in [0.1, 0.15) is 18.6 Å². The van der Waals surface area contributed by atoms with Gasteiger partial charge in [0.15, 0.2) is 17.8 Å². The third-order valence-electron chi connectivity index (χ3n) is 1.89. The molecule has 4 heteroatoms. The van der Waals surface area contributed by atoms with E-state index in [2.05, 4.69) is 4.98 Å². The van der Waals surface area contributed by atoms with Crippen LogP contribution < -0.4 is 0 Å². The topological polar surface area (TPSA) is 46.3 Å². The first kappa shape index (κ1) is 8.19. The van der Waals surface area contributed by atoms with Crippen LogP contribution in [-0.4, -0.2) is 10.1 Å². The van der Waals surface area contributed by atoms with Crippen LogP contribution in [0.2, 0.25) is 0 Å². The minimum atomic E-state index is -0.699. The summed E-state index contributed by atoms with van der Waals surface area (Å²) in [6.07, 6.45) is 0.482. The molecule has 0 aliphatic rings. The normalized spacial score (nSPS) is 13.5. The molecule has 13 heavy (non-hydrogen) atoms. The summed E-state index contributed by atoms with van der Waals surface area (Å²) < 4.78 is 18.0. The molecule has 1 heterocycles. The Hall–Kier alpha value is -1.42. The molecule has 0 aliphatic heterocycles. The van der Waals surface area contributed by atoms with Crippen molar-refractivity contribution in [2.75, 3.05) is 0 Å². The zero-order valence-electron chi connectivity index (χ0n) is 6.99. The maximum atomic E-state index is 13.2. The molecule has 2 rings (SSSR count). The van der Waals surface area contributed by atoms with Crippen molar-refractivity contribution in [2.24, 2.45) is 0 Å². The molecule has 1 unspecified atom stereocenters. The van der Waals surface area contributed by atoms with E-state index in [0.717, 1.165) is 0 Å². The highest BCUT2D eigenvalue weighted by atomic mass is 19.1. The Morgan fingerprint density at radius 1 is 1.54 bits per heavy atom. The summed E-state index contributed by atoms with van der Waals surface area (Å²) in [5, 5.41) is 9.22. The summed E-state index contributed by atoms with van der Waals surface area (Å²) in [7, 11) is 0. The van der Waals surface area contributed by atoms with Gasteiger partial charge in [-0.25, -0.2) is 9.37 Å². The van der Waals surface area contributed by atoms with Gasteiger partial charge in [-0.1, -0.05) is 0 Å². The molecular weight excluding hydrogens is 173 g/mol. The van der Waals surface area contributed by atoms with Crippen LogP contribution in [-0.2, 0) is 0 Å². The number of nitrogens with zero attached hydrogens (tertiary/aromatic N) is 1. The van der Waals surface area contributed by atoms with Crippen LogP contribution in [0, 0.1) is 5.82 Å². The molecule has 3 nitrogen and oxygen atoms in total. The number of aromatic nitrogens is 1. The summed E-state index contributed by atoms with van der Waals surface area (Å²) >= 11 is 0. The number of hydrogen-bond acceptors (Lipinski definition) is 3. The van der Waals surface area contributed by atoms with Gasteiger partial charge in [0.2, 0.25) is 0 Å². The highest BCUT2D eigenvalue weighted by Crippen LogP contribution is 2.22. The molecule has 68 valence electrons. The lowest BCUT2D eigenvalue weighted by Gasteiger charge is -2.03. The third kappa shape index (κ3) is 1.29. The van der Waals surface area contributed by atoms with Crippen molar-refractivity contribution in [3.8, 4) is 0 Å². The van der Waals surface area contributed by atoms with Gasteiger partial charge < -0.3 is 9.52 Å². The fraction of sp³-hybridized carbons (Fsp3) is 0.222. The van der Waals surface area contributed by atoms with E-state index in [1.807, 2.05) is 0 Å². The maximum Gasteiger partial charge on any atom is 0.190 e. The van der Waals surface area contributed by atoms with Crippen molar-refractivity contribution >= 4 is 11.1 Å². The Balaban J connectivity index is 2.70. The Kier molecular flexibility index (Phi) is 1.77. The van der Waals surface area contributed by atoms with E-state index in [4.69, 9.17) is 4.42 Å². The fourth-order valence-electron chi connectivity index (χ4n) is 1.19. The first-order valence-corrected chi connectivity index (χ1v) is 3.89. The number of benzene rings is 1. The minimum absolute atomic E-state index is 0.129. The smallest absolute Gasteiger partial charge is 0.190 e. The van der Waals surface area contributed by atoms with Crippen molar-refractivity contribution in [3.05, 3.63) is 29.9 Å². The van der Waals surface area contributed by atoms with Gasteiger partial charge in [0.1, 0.15) is 5.52 Å². The lowest BCUT2D eigenvalue weighted by molar-refractivity contribution is 0.199. The number of hydrogen-bond donors (Lipinski definition) is 1. The monoisotopic (exact) mass is 181 g/mol. The predicted octanol–water partition coefficient (Wildman–Crippen LogP) is 2.02. The number of oxazole rings is 1. The molecule has 0 saturated heterocycles. The summed E-state index contributed by atoms with van der Waals surface area (Å²) in [5.74, 6) is -0.495. The van der Waals surface area contributed by atoms with Crippen LogP contribution in [0.25, 0.3) is 11.1 Å². The number of fused-ring (bicyclic) bond motifs is 1. The largest absolute Gasteiger partial charge is 0.440 e. The molecule has 0 amide bonds. The van der Waals surface area contributed by atoms with E-state index >= 15 is 0 Å². The van der Waals surface area contributed by atoms with E-state index in [1.54, 1.807) is 13.0 Å². The predicted molar refractivity (Wildman–Crippen MR) is 44.6 cm³/mol. The Labute approximate surface area is 73.8 Å². The molecule has 0 bridgehead atoms. The highest BCUT2D eigenvalue weighted by molar-refractivity contribution is 5.73. The third-order valence-corrected chi connectivity index (χ3v) is 1.89. The number of halogens is 1. The lowest BCUT2D eigenvalue weighted by Crippen LogP contribution is -1.92. The fourth-order valence-corrected chi connectivity index (χ4v) is 1.19. The Bertz CT molecular complexity index is 436. The molecule has 1 N–H and O–H groups in total. The zero-order chi connectivity index (χ0) is 9.42. The molecule has 0 fully saturated rings. The van der Waals surface area contributed by atoms with Gasteiger partial charge in [-0.3, -0.25) is 0 Å². The average molecular weight is 181 g/mol. The Morgan fingerprint density at radius 3 is 3.00 bits per heavy atom.